The van der Waals surface area contributed by atoms with E-state index < -0.39 is 5.78 Å². The molecule has 1 amide bonds. The molecule has 2 saturated heterocycles. The molecule has 1 spiro atoms. The van der Waals surface area contributed by atoms with E-state index in [1.54, 1.807) is 11.3 Å². The minimum absolute atomic E-state index is 0.0208. The summed E-state index contributed by atoms with van der Waals surface area (Å²) in [5.74, 6) is 0.255. The fraction of sp³-hybridized carbons (Fsp3) is 0.375. The maximum atomic E-state index is 12.8. The van der Waals surface area contributed by atoms with Crippen LogP contribution in [0.3, 0.4) is 0 Å². The predicted octanol–water partition coefficient (Wildman–Crippen LogP) is 2.51. The van der Waals surface area contributed by atoms with Crippen LogP contribution in [0.25, 0.3) is 10.2 Å². The monoisotopic (exact) mass is 526 g/mol. The molecule has 2 fully saturated rings. The van der Waals surface area contributed by atoms with Crippen LogP contribution in [0, 0.1) is 0 Å². The summed E-state index contributed by atoms with van der Waals surface area (Å²) in [5.41, 5.74) is 12.1. The molecule has 6 N–H and O–H groups in total. The Kier molecular flexibility index (Phi) is 6.67. The van der Waals surface area contributed by atoms with Crippen LogP contribution in [0.2, 0.25) is 5.15 Å². The number of nitrogens with two attached hydrogens (primary N) is 2. The number of carbonyl (C=O) groups excluding carboxylic acids is 2. The van der Waals surface area contributed by atoms with Gasteiger partial charge in [0.05, 0.1) is 20.8 Å². The second-order valence-corrected chi connectivity index (χ2v) is 10.6. The van der Waals surface area contributed by atoms with Crippen molar-refractivity contribution in [2.24, 2.45) is 0 Å². The number of piperidine rings is 1. The second-order valence-electron chi connectivity index (χ2n) is 9.12. The maximum Gasteiger partial charge on any atom is 0.222 e. The predicted molar refractivity (Wildman–Crippen MR) is 141 cm³/mol. The average molecular weight is 527 g/mol. The van der Waals surface area contributed by atoms with Crippen molar-refractivity contribution in [2.75, 3.05) is 31.1 Å². The van der Waals surface area contributed by atoms with E-state index in [-0.39, 0.29) is 33.9 Å². The highest BCUT2D eigenvalue weighted by Gasteiger charge is 2.40. The molecule has 0 aliphatic carbocycles. The number of aryl methyl sites for hydroxylation is 1. The van der Waals surface area contributed by atoms with Crippen LogP contribution in [0.1, 0.15) is 41.2 Å². The molecule has 10 nitrogen and oxygen atoms in total. The molecule has 188 valence electrons. The van der Waals surface area contributed by atoms with E-state index in [4.69, 9.17) is 23.1 Å². The van der Waals surface area contributed by atoms with Gasteiger partial charge in [0.15, 0.2) is 22.5 Å². The van der Waals surface area contributed by atoms with Gasteiger partial charge in [-0.1, -0.05) is 23.7 Å². The third-order valence-corrected chi connectivity index (χ3v) is 8.00. The van der Waals surface area contributed by atoms with E-state index in [0.29, 0.717) is 31.9 Å². The Hall–Kier alpha value is -3.44. The summed E-state index contributed by atoms with van der Waals surface area (Å²) >= 11 is 7.58. The Morgan fingerprint density at radius 1 is 1.14 bits per heavy atom. The minimum Gasteiger partial charge on any atom is -0.382 e. The number of hydrogen-bond acceptors (Lipinski definition) is 10. The topological polar surface area (TPSA) is 152 Å². The number of anilines is 2. The van der Waals surface area contributed by atoms with Gasteiger partial charge in [-0.25, -0.2) is 15.0 Å². The van der Waals surface area contributed by atoms with Crippen molar-refractivity contribution < 1.29 is 9.59 Å². The van der Waals surface area contributed by atoms with Gasteiger partial charge >= 0.3 is 0 Å². The molecule has 0 radical (unpaired) electrons. The van der Waals surface area contributed by atoms with Gasteiger partial charge in [0.1, 0.15) is 5.82 Å². The molecule has 4 heterocycles. The molecule has 0 atom stereocenters. The molecule has 2 aromatic heterocycles. The molecule has 0 saturated carbocycles. The number of benzene rings is 1. The number of rotatable bonds is 6. The largest absolute Gasteiger partial charge is 0.382 e. The van der Waals surface area contributed by atoms with Gasteiger partial charge in [0.2, 0.25) is 11.7 Å². The molecule has 0 bridgehead atoms. The van der Waals surface area contributed by atoms with Crippen molar-refractivity contribution in [1.29, 1.82) is 0 Å². The lowest BCUT2D eigenvalue weighted by Gasteiger charge is -2.39. The smallest absolute Gasteiger partial charge is 0.222 e. The van der Waals surface area contributed by atoms with Crippen LogP contribution in [-0.2, 0) is 11.2 Å². The summed E-state index contributed by atoms with van der Waals surface area (Å²) in [6.45, 7) is 2.00. The van der Waals surface area contributed by atoms with Crippen LogP contribution in [0.5, 0.6) is 0 Å². The molecule has 12 heteroatoms. The van der Waals surface area contributed by atoms with Crippen LogP contribution < -0.4 is 22.1 Å². The van der Waals surface area contributed by atoms with Gasteiger partial charge in [-0.15, -0.1) is 11.3 Å². The van der Waals surface area contributed by atoms with Crippen LogP contribution in [0.4, 0.5) is 11.6 Å². The Morgan fingerprint density at radius 3 is 2.69 bits per heavy atom. The van der Waals surface area contributed by atoms with Gasteiger partial charge in [0.25, 0.3) is 0 Å². The number of para-hydroxylation sites is 1. The lowest BCUT2D eigenvalue weighted by Crippen LogP contribution is -2.53. The number of ketones is 1. The van der Waals surface area contributed by atoms with Crippen molar-refractivity contribution in [3.63, 3.8) is 0 Å². The molecular weight excluding hydrogens is 500 g/mol. The first kappa shape index (κ1) is 24.3. The normalized spacial score (nSPS) is 17.9. The number of carbonyl (C=O) groups is 2. The van der Waals surface area contributed by atoms with E-state index in [9.17, 15) is 9.59 Å². The summed E-state index contributed by atoms with van der Waals surface area (Å²) in [6, 6.07) is 8.10. The third kappa shape index (κ3) is 5.07. The number of nitrogens with one attached hydrogen (secondary N) is 2. The third-order valence-electron chi connectivity index (χ3n) is 6.62. The lowest BCUT2D eigenvalue weighted by molar-refractivity contribution is -0.132. The number of amides is 1. The van der Waals surface area contributed by atoms with Crippen molar-refractivity contribution in [2.45, 2.75) is 37.6 Å². The Labute approximate surface area is 217 Å². The number of halogens is 1. The SMILES string of the molecule is Nc1nc(N)c(C(=O)/C=C2\NCC3(CCN(C(=O)CCCc4nc5ccccc5s4)CC3)N2)nc1Cl. The first-order valence-corrected chi connectivity index (χ1v) is 13.0. The Morgan fingerprint density at radius 2 is 1.92 bits per heavy atom. The van der Waals surface area contributed by atoms with E-state index in [1.165, 1.54) is 10.8 Å². The van der Waals surface area contributed by atoms with Crippen LogP contribution in [0.15, 0.2) is 36.2 Å². The molecule has 2 aliphatic heterocycles. The summed E-state index contributed by atoms with van der Waals surface area (Å²) in [4.78, 5) is 39.8. The molecule has 0 unspecified atom stereocenters. The van der Waals surface area contributed by atoms with Crippen molar-refractivity contribution >= 4 is 56.5 Å². The maximum absolute atomic E-state index is 12.8. The number of fused-ring (bicyclic) bond motifs is 1. The fourth-order valence-electron chi connectivity index (χ4n) is 4.61. The van der Waals surface area contributed by atoms with Gasteiger partial charge in [-0.2, -0.15) is 0 Å². The second kappa shape index (κ2) is 9.90. The van der Waals surface area contributed by atoms with Crippen LogP contribution >= 0.6 is 22.9 Å². The highest BCUT2D eigenvalue weighted by molar-refractivity contribution is 7.18. The van der Waals surface area contributed by atoms with Gasteiger partial charge in [-0.05, 0) is 37.8 Å². The van der Waals surface area contributed by atoms with Gasteiger partial charge < -0.3 is 27.0 Å². The van der Waals surface area contributed by atoms with E-state index >= 15 is 0 Å². The number of allylic oxidation sites excluding steroid dienone is 1. The number of hydrogen-bond donors (Lipinski definition) is 4. The molecule has 3 aromatic rings. The Balaban J connectivity index is 1.11. The summed E-state index contributed by atoms with van der Waals surface area (Å²) in [7, 11) is 0. The quantitative estimate of drug-likeness (QED) is 0.280. The molecule has 5 rings (SSSR count). The lowest BCUT2D eigenvalue weighted by atomic mass is 9.88. The first-order valence-electron chi connectivity index (χ1n) is 11.8. The first-order chi connectivity index (χ1) is 17.3. The number of likely N-dealkylation sites (tertiary alicyclic amines) is 1. The van der Waals surface area contributed by atoms with Crippen molar-refractivity contribution in [3.05, 3.63) is 52.0 Å². The van der Waals surface area contributed by atoms with E-state index in [0.717, 1.165) is 36.2 Å². The van der Waals surface area contributed by atoms with E-state index in [1.807, 2.05) is 23.1 Å². The summed E-state index contributed by atoms with van der Waals surface area (Å²) in [6.07, 6.45) is 5.08. The molecule has 36 heavy (non-hydrogen) atoms. The number of aromatic nitrogens is 3. The van der Waals surface area contributed by atoms with E-state index in [2.05, 4.69) is 31.7 Å². The minimum atomic E-state index is -0.422. The van der Waals surface area contributed by atoms with Gasteiger partial charge in [-0.3, -0.25) is 9.59 Å². The summed E-state index contributed by atoms with van der Waals surface area (Å²) in [5, 5.41) is 7.68. The van der Waals surface area contributed by atoms with Crippen LogP contribution in [-0.4, -0.2) is 56.7 Å². The van der Waals surface area contributed by atoms with Gasteiger partial charge in [0, 0.05) is 32.1 Å². The summed E-state index contributed by atoms with van der Waals surface area (Å²) < 4.78 is 1.18. The number of nitrogens with zero attached hydrogens (tertiary/aromatic N) is 4. The highest BCUT2D eigenvalue weighted by Crippen LogP contribution is 2.28. The average Bonchev–Trinajstić information content (AvgIpc) is 3.45. The zero-order valence-electron chi connectivity index (χ0n) is 19.6. The highest BCUT2D eigenvalue weighted by atomic mass is 35.5. The zero-order valence-corrected chi connectivity index (χ0v) is 21.2. The van der Waals surface area contributed by atoms with Crippen molar-refractivity contribution in [3.8, 4) is 0 Å². The fourth-order valence-corrected chi connectivity index (χ4v) is 5.75. The number of thiazole rings is 1. The standard InChI is InChI=1S/C24H27ClN8O2S/c25-21-23(27)31-22(26)20(30-21)15(34)12-17-28-13-24(32-17)8-10-33(11-9-24)19(35)7-3-6-18-29-14-4-1-2-5-16(14)36-18/h1-2,4-5,12,28,32H,3,6-11,13H2,(H4,26,27,31)/b17-12+. The van der Waals surface area contributed by atoms with Crippen molar-refractivity contribution in [1.82, 2.24) is 30.5 Å². The molecular formula is C24H27ClN8O2S. The molecule has 2 aliphatic rings. The Bertz CT molecular complexity index is 1320. The molecule has 1 aromatic carbocycles. The number of nitrogen functional groups attached to an aromatic ring is 2. The zero-order chi connectivity index (χ0) is 25.3.